The third-order valence-electron chi connectivity index (χ3n) is 2.29. The first kappa shape index (κ1) is 17.3. The average Bonchev–Trinajstić information content (AvgIpc) is 2.57. The largest absolute Gasteiger partial charge is 0.455 e. The van der Waals surface area contributed by atoms with E-state index in [0.29, 0.717) is 14.7 Å². The zero-order valence-electron chi connectivity index (χ0n) is 9.62. The summed E-state index contributed by atoms with van der Waals surface area (Å²) in [6.45, 7) is 1.76. The van der Waals surface area contributed by atoms with Crippen molar-refractivity contribution in [2.75, 3.05) is 6.54 Å². The molecule has 0 spiro atoms. The van der Waals surface area contributed by atoms with E-state index in [1.807, 2.05) is 0 Å². The molecule has 19 heavy (non-hydrogen) atoms. The molecule has 1 N–H and O–H groups in total. The minimum Gasteiger partial charge on any atom is -0.304 e. The van der Waals surface area contributed by atoms with Gasteiger partial charge in [-0.2, -0.15) is 22.0 Å². The van der Waals surface area contributed by atoms with Gasteiger partial charge in [0.15, 0.2) is 0 Å². The Morgan fingerprint density at radius 3 is 2.21 bits per heavy atom. The van der Waals surface area contributed by atoms with Crippen LogP contribution < -0.4 is 5.32 Å². The Morgan fingerprint density at radius 1 is 1.26 bits per heavy atom. The first-order valence-corrected chi connectivity index (χ1v) is 7.64. The van der Waals surface area contributed by atoms with Crippen molar-refractivity contribution in [3.63, 3.8) is 0 Å². The van der Waals surface area contributed by atoms with Gasteiger partial charge in [-0.3, -0.25) is 0 Å². The lowest BCUT2D eigenvalue weighted by Gasteiger charge is -2.28. The molecule has 0 aliphatic carbocycles. The molecule has 0 bridgehead atoms. The van der Waals surface area contributed by atoms with Gasteiger partial charge in [-0.05, 0) is 50.9 Å². The summed E-state index contributed by atoms with van der Waals surface area (Å²) >= 11 is 7.01. The Labute approximate surface area is 127 Å². The summed E-state index contributed by atoms with van der Waals surface area (Å²) in [6.07, 6.45) is -5.14. The van der Waals surface area contributed by atoms with Crippen LogP contribution in [0.4, 0.5) is 22.0 Å². The second kappa shape index (κ2) is 6.36. The van der Waals surface area contributed by atoms with Crippen LogP contribution in [-0.2, 0) is 0 Å². The highest BCUT2D eigenvalue weighted by molar-refractivity contribution is 9.13. The summed E-state index contributed by atoms with van der Waals surface area (Å²) in [6, 6.07) is -0.818. The van der Waals surface area contributed by atoms with E-state index in [4.69, 9.17) is 0 Å². The summed E-state index contributed by atoms with van der Waals surface area (Å²) in [5, 5.41) is 2.27. The van der Waals surface area contributed by atoms with Gasteiger partial charge in [-0.15, -0.1) is 11.3 Å². The SMILES string of the molecule is CCCNC(c1cc(Br)c(Br)s1)C(F)(F)C(F)(F)F. The zero-order valence-corrected chi connectivity index (χ0v) is 13.6. The van der Waals surface area contributed by atoms with E-state index in [1.165, 1.54) is 6.07 Å². The molecule has 110 valence electrons. The lowest BCUT2D eigenvalue weighted by molar-refractivity contribution is -0.294. The number of rotatable bonds is 5. The molecule has 9 heteroatoms. The van der Waals surface area contributed by atoms with E-state index < -0.39 is 18.1 Å². The van der Waals surface area contributed by atoms with E-state index in [-0.39, 0.29) is 11.4 Å². The Hall–Kier alpha value is 0.270. The van der Waals surface area contributed by atoms with Gasteiger partial charge in [0.05, 0.1) is 3.79 Å². The molecule has 0 saturated heterocycles. The number of hydrogen-bond acceptors (Lipinski definition) is 2. The van der Waals surface area contributed by atoms with Gasteiger partial charge in [-0.25, -0.2) is 0 Å². The maximum absolute atomic E-state index is 13.5. The van der Waals surface area contributed by atoms with Crippen LogP contribution in [0.2, 0.25) is 0 Å². The van der Waals surface area contributed by atoms with Crippen LogP contribution in [0.25, 0.3) is 0 Å². The van der Waals surface area contributed by atoms with Crippen molar-refractivity contribution in [1.82, 2.24) is 5.32 Å². The summed E-state index contributed by atoms with van der Waals surface area (Å²) in [7, 11) is 0. The molecule has 0 radical (unpaired) electrons. The first-order chi connectivity index (χ1) is 8.61. The second-order valence-electron chi connectivity index (χ2n) is 3.78. The van der Waals surface area contributed by atoms with Gasteiger partial charge >= 0.3 is 12.1 Å². The van der Waals surface area contributed by atoms with E-state index in [0.717, 1.165) is 11.3 Å². The van der Waals surface area contributed by atoms with E-state index >= 15 is 0 Å². The molecule has 1 nitrogen and oxygen atoms in total. The fraction of sp³-hybridized carbons (Fsp3) is 0.600. The summed E-state index contributed by atoms with van der Waals surface area (Å²) in [4.78, 5) is -0.0745. The van der Waals surface area contributed by atoms with Gasteiger partial charge in [-0.1, -0.05) is 6.92 Å². The maximum Gasteiger partial charge on any atom is 0.455 e. The normalized spacial score (nSPS) is 14.7. The topological polar surface area (TPSA) is 12.0 Å². The van der Waals surface area contributed by atoms with Crippen LogP contribution in [-0.4, -0.2) is 18.6 Å². The fourth-order valence-corrected chi connectivity index (χ4v) is 3.57. The minimum atomic E-state index is -5.60. The highest BCUT2D eigenvalue weighted by atomic mass is 79.9. The number of hydrogen-bond donors (Lipinski definition) is 1. The fourth-order valence-electron chi connectivity index (χ4n) is 1.37. The molecule has 1 aromatic heterocycles. The van der Waals surface area contributed by atoms with Crippen molar-refractivity contribution < 1.29 is 22.0 Å². The van der Waals surface area contributed by atoms with Gasteiger partial charge in [0.1, 0.15) is 6.04 Å². The molecule has 1 aromatic rings. The van der Waals surface area contributed by atoms with Crippen LogP contribution in [0.5, 0.6) is 0 Å². The predicted octanol–water partition coefficient (Wildman–Crippen LogP) is 5.51. The molecule has 0 aliphatic rings. The van der Waals surface area contributed by atoms with Crippen molar-refractivity contribution in [3.05, 3.63) is 19.2 Å². The van der Waals surface area contributed by atoms with E-state index in [2.05, 4.69) is 37.2 Å². The molecule has 1 atom stereocenters. The molecular weight excluding hydrogens is 421 g/mol. The van der Waals surface area contributed by atoms with Crippen LogP contribution in [0, 0.1) is 0 Å². The monoisotopic (exact) mass is 429 g/mol. The van der Waals surface area contributed by atoms with Gasteiger partial charge in [0.2, 0.25) is 0 Å². The van der Waals surface area contributed by atoms with Gasteiger partial charge in [0, 0.05) is 9.35 Å². The molecule has 1 unspecified atom stereocenters. The van der Waals surface area contributed by atoms with Gasteiger partial charge < -0.3 is 5.32 Å². The Kier molecular flexibility index (Phi) is 5.80. The first-order valence-electron chi connectivity index (χ1n) is 5.24. The number of thiophene rings is 1. The van der Waals surface area contributed by atoms with Crippen LogP contribution in [0.3, 0.4) is 0 Å². The summed E-state index contributed by atoms with van der Waals surface area (Å²) < 4.78 is 65.5. The van der Waals surface area contributed by atoms with Crippen molar-refractivity contribution >= 4 is 43.2 Å². The molecule has 0 aromatic carbocycles. The van der Waals surface area contributed by atoms with Crippen molar-refractivity contribution in [1.29, 1.82) is 0 Å². The lowest BCUT2D eigenvalue weighted by Crippen LogP contribution is -2.47. The molecule has 0 saturated carbocycles. The third kappa shape index (κ3) is 3.89. The minimum absolute atomic E-state index is 0.0729. The van der Waals surface area contributed by atoms with E-state index in [9.17, 15) is 22.0 Å². The summed E-state index contributed by atoms with van der Waals surface area (Å²) in [5.41, 5.74) is 0. The standard InChI is InChI=1S/C10H10Br2F5NS/c1-2-3-18-7(9(13,14)10(15,16)17)6-4-5(11)8(12)19-6/h4,7,18H,2-3H2,1H3. The predicted molar refractivity (Wildman–Crippen MR) is 71.8 cm³/mol. The van der Waals surface area contributed by atoms with Crippen LogP contribution in [0.1, 0.15) is 24.3 Å². The smallest absolute Gasteiger partial charge is 0.304 e. The third-order valence-corrected chi connectivity index (χ3v) is 5.61. The molecule has 1 heterocycles. The molecule has 1 rings (SSSR count). The second-order valence-corrected chi connectivity index (χ2v) is 7.03. The van der Waals surface area contributed by atoms with Gasteiger partial charge in [0.25, 0.3) is 0 Å². The quantitative estimate of drug-likeness (QED) is 0.607. The zero-order chi connectivity index (χ0) is 14.8. The lowest BCUT2D eigenvalue weighted by atomic mass is 10.1. The van der Waals surface area contributed by atoms with Crippen LogP contribution >= 0.6 is 43.2 Å². The Bertz CT molecular complexity index is 413. The highest BCUT2D eigenvalue weighted by Crippen LogP contribution is 2.47. The molecule has 0 amide bonds. The summed E-state index contributed by atoms with van der Waals surface area (Å²) in [5.74, 6) is -4.83. The number of halogens is 7. The number of alkyl halides is 5. The highest BCUT2D eigenvalue weighted by Gasteiger charge is 2.63. The van der Waals surface area contributed by atoms with Crippen molar-refractivity contribution in [2.45, 2.75) is 31.5 Å². The Balaban J connectivity index is 3.14. The van der Waals surface area contributed by atoms with Crippen LogP contribution in [0.15, 0.2) is 14.3 Å². The molecular formula is C10H10Br2F5NS. The Morgan fingerprint density at radius 2 is 1.84 bits per heavy atom. The molecule has 0 aliphatic heterocycles. The van der Waals surface area contributed by atoms with Crippen molar-refractivity contribution in [2.24, 2.45) is 0 Å². The maximum atomic E-state index is 13.5. The van der Waals surface area contributed by atoms with E-state index in [1.54, 1.807) is 6.92 Å². The number of nitrogens with one attached hydrogen (secondary N) is 1. The average molecular weight is 431 g/mol. The van der Waals surface area contributed by atoms with Crippen molar-refractivity contribution in [3.8, 4) is 0 Å². The molecule has 0 fully saturated rings.